The van der Waals surface area contributed by atoms with Crippen molar-refractivity contribution in [2.45, 2.75) is 32.4 Å². The monoisotopic (exact) mass is 356 g/mol. The second-order valence-corrected chi connectivity index (χ2v) is 7.32. The number of rotatable bonds is 5. The number of benzene rings is 1. The van der Waals surface area contributed by atoms with E-state index in [0.717, 1.165) is 35.4 Å². The van der Waals surface area contributed by atoms with E-state index in [4.69, 9.17) is 9.47 Å². The number of ether oxygens (including phenoxy) is 2. The molecule has 1 atom stereocenters. The van der Waals surface area contributed by atoms with Crippen LogP contribution in [0.1, 0.15) is 33.8 Å². The average molecular weight is 356 g/mol. The molecule has 0 spiro atoms. The highest BCUT2D eigenvalue weighted by atomic mass is 32.1. The zero-order chi connectivity index (χ0) is 17.2. The van der Waals surface area contributed by atoms with Crippen molar-refractivity contribution in [2.75, 3.05) is 13.2 Å². The standard InChI is InChI=1S/C19H20N2O3S/c1-13-16-10-17(19(22)24-12-15-8-5-9-23-15)25-18(16)21(20-13)11-14-6-3-2-4-7-14/h2-4,6-7,10,15H,5,8-9,11-12H2,1H3. The van der Waals surface area contributed by atoms with Gasteiger partial charge >= 0.3 is 5.97 Å². The second-order valence-electron chi connectivity index (χ2n) is 6.29. The first kappa shape index (κ1) is 16.3. The summed E-state index contributed by atoms with van der Waals surface area (Å²) in [7, 11) is 0. The number of nitrogens with zero attached hydrogens (tertiary/aromatic N) is 2. The van der Waals surface area contributed by atoms with E-state index in [2.05, 4.69) is 17.2 Å². The van der Waals surface area contributed by atoms with Crippen molar-refractivity contribution in [3.8, 4) is 0 Å². The van der Waals surface area contributed by atoms with Crippen molar-refractivity contribution in [1.29, 1.82) is 0 Å². The molecule has 25 heavy (non-hydrogen) atoms. The lowest BCUT2D eigenvalue weighted by atomic mass is 10.2. The van der Waals surface area contributed by atoms with Crippen LogP contribution in [0.5, 0.6) is 0 Å². The number of hydrogen-bond donors (Lipinski definition) is 0. The zero-order valence-corrected chi connectivity index (χ0v) is 14.9. The molecule has 0 N–H and O–H groups in total. The van der Waals surface area contributed by atoms with Crippen molar-refractivity contribution < 1.29 is 14.3 Å². The van der Waals surface area contributed by atoms with Crippen LogP contribution >= 0.6 is 11.3 Å². The summed E-state index contributed by atoms with van der Waals surface area (Å²) in [5.74, 6) is -0.276. The molecule has 3 aromatic rings. The Morgan fingerprint density at radius 3 is 3.00 bits per heavy atom. The predicted octanol–water partition coefficient (Wildman–Crippen LogP) is 3.79. The molecule has 2 aromatic heterocycles. The minimum Gasteiger partial charge on any atom is -0.459 e. The Morgan fingerprint density at radius 2 is 2.24 bits per heavy atom. The second kappa shape index (κ2) is 6.98. The molecule has 0 amide bonds. The first-order chi connectivity index (χ1) is 12.2. The Balaban J connectivity index is 1.53. The Kier molecular flexibility index (Phi) is 4.55. The summed E-state index contributed by atoms with van der Waals surface area (Å²) in [5.41, 5.74) is 2.11. The van der Waals surface area contributed by atoms with Crippen LogP contribution in [0.25, 0.3) is 10.2 Å². The van der Waals surface area contributed by atoms with Crippen molar-refractivity contribution in [3.05, 3.63) is 52.5 Å². The maximum Gasteiger partial charge on any atom is 0.348 e. The van der Waals surface area contributed by atoms with Crippen LogP contribution in [0.4, 0.5) is 0 Å². The van der Waals surface area contributed by atoms with E-state index in [1.54, 1.807) is 0 Å². The summed E-state index contributed by atoms with van der Waals surface area (Å²) in [5, 5.41) is 5.63. The normalized spacial score (nSPS) is 17.2. The molecule has 6 heteroatoms. The summed E-state index contributed by atoms with van der Waals surface area (Å²) < 4.78 is 12.9. The van der Waals surface area contributed by atoms with Gasteiger partial charge in [0.05, 0.1) is 18.3 Å². The number of aromatic nitrogens is 2. The first-order valence-corrected chi connectivity index (χ1v) is 9.32. The van der Waals surface area contributed by atoms with Gasteiger partial charge < -0.3 is 9.47 Å². The number of aryl methyl sites for hydroxylation is 1. The molecule has 5 nitrogen and oxygen atoms in total. The summed E-state index contributed by atoms with van der Waals surface area (Å²) >= 11 is 1.44. The van der Waals surface area contributed by atoms with Gasteiger partial charge in [-0.1, -0.05) is 30.3 Å². The summed E-state index contributed by atoms with van der Waals surface area (Å²) in [6.07, 6.45) is 2.05. The molecule has 130 valence electrons. The fraction of sp³-hybridized carbons (Fsp3) is 0.368. The maximum atomic E-state index is 12.4. The van der Waals surface area contributed by atoms with E-state index < -0.39 is 0 Å². The lowest BCUT2D eigenvalue weighted by molar-refractivity contribution is 0.0165. The molecule has 0 saturated carbocycles. The number of fused-ring (bicyclic) bond motifs is 1. The highest BCUT2D eigenvalue weighted by molar-refractivity contribution is 7.20. The van der Waals surface area contributed by atoms with Gasteiger partial charge in [0.2, 0.25) is 0 Å². The number of carbonyl (C=O) groups is 1. The van der Waals surface area contributed by atoms with Crippen LogP contribution in [0.3, 0.4) is 0 Å². The van der Waals surface area contributed by atoms with Crippen molar-refractivity contribution >= 4 is 27.5 Å². The number of hydrogen-bond acceptors (Lipinski definition) is 5. The molecule has 1 saturated heterocycles. The minimum absolute atomic E-state index is 0.0497. The minimum atomic E-state index is -0.276. The zero-order valence-electron chi connectivity index (χ0n) is 14.1. The fourth-order valence-electron chi connectivity index (χ4n) is 3.09. The molecule has 1 aliphatic rings. The van der Waals surface area contributed by atoms with Gasteiger partial charge in [0.25, 0.3) is 0 Å². The molecular weight excluding hydrogens is 336 g/mol. The topological polar surface area (TPSA) is 53.4 Å². The summed E-state index contributed by atoms with van der Waals surface area (Å²) in [6.45, 7) is 3.76. The van der Waals surface area contributed by atoms with E-state index in [9.17, 15) is 4.79 Å². The van der Waals surface area contributed by atoms with Crippen LogP contribution in [0, 0.1) is 6.92 Å². The highest BCUT2D eigenvalue weighted by Gasteiger charge is 2.21. The van der Waals surface area contributed by atoms with Crippen molar-refractivity contribution in [3.63, 3.8) is 0 Å². The largest absolute Gasteiger partial charge is 0.459 e. The lowest BCUT2D eigenvalue weighted by Gasteiger charge is -2.09. The van der Waals surface area contributed by atoms with Crippen LogP contribution in [-0.4, -0.2) is 35.1 Å². The summed E-state index contributed by atoms with van der Waals surface area (Å²) in [6, 6.07) is 12.1. The van der Waals surface area contributed by atoms with E-state index in [1.165, 1.54) is 16.9 Å². The van der Waals surface area contributed by atoms with Gasteiger partial charge in [0.15, 0.2) is 0 Å². The molecule has 1 aromatic carbocycles. The van der Waals surface area contributed by atoms with Gasteiger partial charge in [0, 0.05) is 12.0 Å². The third-order valence-corrected chi connectivity index (χ3v) is 5.54. The van der Waals surface area contributed by atoms with Crippen LogP contribution < -0.4 is 0 Å². The first-order valence-electron chi connectivity index (χ1n) is 8.50. The van der Waals surface area contributed by atoms with E-state index in [1.807, 2.05) is 35.9 Å². The van der Waals surface area contributed by atoms with Crippen LogP contribution in [-0.2, 0) is 16.0 Å². The third-order valence-electron chi connectivity index (χ3n) is 4.41. The molecule has 0 radical (unpaired) electrons. The van der Waals surface area contributed by atoms with Crippen LogP contribution in [0.2, 0.25) is 0 Å². The van der Waals surface area contributed by atoms with Crippen LogP contribution in [0.15, 0.2) is 36.4 Å². The van der Waals surface area contributed by atoms with E-state index in [0.29, 0.717) is 18.0 Å². The smallest absolute Gasteiger partial charge is 0.348 e. The van der Waals surface area contributed by atoms with Crippen molar-refractivity contribution in [2.24, 2.45) is 0 Å². The number of carbonyl (C=O) groups excluding carboxylic acids is 1. The molecule has 3 heterocycles. The number of thiophene rings is 1. The molecular formula is C19H20N2O3S. The van der Waals surface area contributed by atoms with E-state index >= 15 is 0 Å². The van der Waals surface area contributed by atoms with Crippen molar-refractivity contribution in [1.82, 2.24) is 9.78 Å². The van der Waals surface area contributed by atoms with Gasteiger partial charge in [-0.15, -0.1) is 11.3 Å². The maximum absolute atomic E-state index is 12.4. The molecule has 1 unspecified atom stereocenters. The Bertz CT molecular complexity index is 879. The third kappa shape index (κ3) is 3.45. The molecule has 4 rings (SSSR count). The Morgan fingerprint density at radius 1 is 1.40 bits per heavy atom. The van der Waals surface area contributed by atoms with Gasteiger partial charge in [-0.2, -0.15) is 5.10 Å². The van der Waals surface area contributed by atoms with Gasteiger partial charge in [-0.25, -0.2) is 4.79 Å². The Hall–Kier alpha value is -2.18. The lowest BCUT2D eigenvalue weighted by Crippen LogP contribution is -2.17. The molecule has 1 fully saturated rings. The summed E-state index contributed by atoms with van der Waals surface area (Å²) in [4.78, 5) is 14.0. The van der Waals surface area contributed by atoms with Gasteiger partial charge in [0.1, 0.15) is 16.3 Å². The van der Waals surface area contributed by atoms with Gasteiger partial charge in [-0.05, 0) is 31.4 Å². The number of esters is 1. The quantitative estimate of drug-likeness (QED) is 0.653. The molecule has 1 aliphatic heterocycles. The SMILES string of the molecule is Cc1nn(Cc2ccccc2)c2sc(C(=O)OCC3CCCO3)cc12. The van der Waals surface area contributed by atoms with E-state index in [-0.39, 0.29) is 12.1 Å². The predicted molar refractivity (Wildman–Crippen MR) is 97.1 cm³/mol. The van der Waals surface area contributed by atoms with Gasteiger partial charge in [-0.3, -0.25) is 4.68 Å². The Labute approximate surface area is 150 Å². The fourth-order valence-corrected chi connectivity index (χ4v) is 4.15. The molecule has 0 bridgehead atoms. The average Bonchev–Trinajstić information content (AvgIpc) is 3.34. The molecule has 0 aliphatic carbocycles. The highest BCUT2D eigenvalue weighted by Crippen LogP contribution is 2.29.